The summed E-state index contributed by atoms with van der Waals surface area (Å²) in [6, 6.07) is 0. The van der Waals surface area contributed by atoms with E-state index in [1.54, 1.807) is 6.21 Å². The minimum absolute atomic E-state index is 0.670. The van der Waals surface area contributed by atoms with Gasteiger partial charge in [-0.1, -0.05) is 6.92 Å². The van der Waals surface area contributed by atoms with E-state index in [9.17, 15) is 0 Å². The first-order valence-corrected chi connectivity index (χ1v) is 3.76. The van der Waals surface area contributed by atoms with Gasteiger partial charge in [0.15, 0.2) is 0 Å². The van der Waals surface area contributed by atoms with Crippen LogP contribution in [0.15, 0.2) is 10.1 Å². The highest BCUT2D eigenvalue weighted by Gasteiger charge is 1.89. The van der Waals surface area contributed by atoms with Gasteiger partial charge in [-0.3, -0.25) is 4.99 Å². The van der Waals surface area contributed by atoms with Crippen molar-refractivity contribution in [2.45, 2.75) is 13.3 Å². The Hall–Kier alpha value is -0.900. The highest BCUT2D eigenvalue weighted by atomic mass is 15.1. The van der Waals surface area contributed by atoms with Crippen LogP contribution >= 0.6 is 0 Å². The molecule has 0 aromatic heterocycles. The van der Waals surface area contributed by atoms with Crippen LogP contribution in [-0.2, 0) is 0 Å². The second-order valence-electron chi connectivity index (χ2n) is 2.19. The average molecular weight is 156 g/mol. The van der Waals surface area contributed by atoms with Crippen molar-refractivity contribution in [3.05, 3.63) is 0 Å². The Labute approximate surface area is 67.6 Å². The molecule has 0 aliphatic rings. The van der Waals surface area contributed by atoms with Crippen LogP contribution in [0.25, 0.3) is 0 Å². The van der Waals surface area contributed by atoms with Gasteiger partial charge in [0.05, 0.1) is 5.71 Å². The minimum Gasteiger partial charge on any atom is -0.323 e. The van der Waals surface area contributed by atoms with Gasteiger partial charge >= 0.3 is 0 Å². The maximum absolute atomic E-state index is 5.10. The van der Waals surface area contributed by atoms with Crippen LogP contribution in [-0.4, -0.2) is 32.1 Å². The van der Waals surface area contributed by atoms with E-state index in [2.05, 4.69) is 22.3 Å². The molecule has 0 saturated carbocycles. The number of nitrogens with two attached hydrogens (primary N) is 1. The minimum atomic E-state index is 0.670. The first-order valence-electron chi connectivity index (χ1n) is 3.76. The Morgan fingerprint density at radius 1 is 1.64 bits per heavy atom. The summed E-state index contributed by atoms with van der Waals surface area (Å²) in [7, 11) is 1.85. The van der Waals surface area contributed by atoms with Gasteiger partial charge in [-0.15, -0.1) is 0 Å². The fourth-order valence-corrected chi connectivity index (χ4v) is 0.605. The summed E-state index contributed by atoms with van der Waals surface area (Å²) in [5.74, 6) is 5.10. The molecule has 0 fully saturated rings. The van der Waals surface area contributed by atoms with Crippen molar-refractivity contribution in [2.24, 2.45) is 15.9 Å². The van der Waals surface area contributed by atoms with Gasteiger partial charge in [0, 0.05) is 19.3 Å². The SMILES string of the molecule is CCCN=C/C(CNC)=N\N. The van der Waals surface area contributed by atoms with Crippen LogP contribution in [0.5, 0.6) is 0 Å². The van der Waals surface area contributed by atoms with Gasteiger partial charge in [-0.05, 0) is 13.5 Å². The first-order chi connectivity index (χ1) is 5.35. The highest BCUT2D eigenvalue weighted by molar-refractivity contribution is 6.31. The van der Waals surface area contributed by atoms with Crippen molar-refractivity contribution in [3.8, 4) is 0 Å². The molecule has 0 saturated heterocycles. The van der Waals surface area contributed by atoms with Gasteiger partial charge < -0.3 is 11.2 Å². The lowest BCUT2D eigenvalue weighted by Gasteiger charge is -1.95. The Kier molecular flexibility index (Phi) is 6.62. The lowest BCUT2D eigenvalue weighted by Crippen LogP contribution is -2.21. The topological polar surface area (TPSA) is 62.8 Å². The zero-order valence-corrected chi connectivity index (χ0v) is 7.17. The van der Waals surface area contributed by atoms with Crippen LogP contribution in [0, 0.1) is 0 Å². The van der Waals surface area contributed by atoms with Crippen molar-refractivity contribution < 1.29 is 0 Å². The lowest BCUT2D eigenvalue weighted by molar-refractivity contribution is 0.930. The van der Waals surface area contributed by atoms with Crippen LogP contribution in [0.1, 0.15) is 13.3 Å². The summed E-state index contributed by atoms with van der Waals surface area (Å²) in [6.07, 6.45) is 2.76. The Morgan fingerprint density at radius 3 is 2.82 bits per heavy atom. The summed E-state index contributed by atoms with van der Waals surface area (Å²) in [5.41, 5.74) is 0.779. The number of aliphatic imine (C=N–C) groups is 1. The van der Waals surface area contributed by atoms with Gasteiger partial charge in [-0.2, -0.15) is 5.10 Å². The monoisotopic (exact) mass is 156 g/mol. The van der Waals surface area contributed by atoms with E-state index in [-0.39, 0.29) is 0 Å². The quantitative estimate of drug-likeness (QED) is 0.334. The number of hydrogen-bond donors (Lipinski definition) is 2. The third-order valence-corrected chi connectivity index (χ3v) is 1.12. The van der Waals surface area contributed by atoms with Gasteiger partial charge in [-0.25, -0.2) is 0 Å². The maximum atomic E-state index is 5.10. The smallest absolute Gasteiger partial charge is 0.0915 e. The van der Waals surface area contributed by atoms with E-state index in [1.807, 2.05) is 7.05 Å². The zero-order chi connectivity index (χ0) is 8.53. The first kappa shape index (κ1) is 10.1. The molecule has 0 aliphatic carbocycles. The molecule has 64 valence electrons. The van der Waals surface area contributed by atoms with E-state index in [0.717, 1.165) is 18.7 Å². The number of hydrazone groups is 1. The molecule has 0 amide bonds. The highest BCUT2D eigenvalue weighted by Crippen LogP contribution is 1.76. The second-order valence-corrected chi connectivity index (χ2v) is 2.19. The molecular formula is C7H16N4. The molecule has 4 nitrogen and oxygen atoms in total. The van der Waals surface area contributed by atoms with Crippen LogP contribution in [0.2, 0.25) is 0 Å². The van der Waals surface area contributed by atoms with Crippen molar-refractivity contribution in [1.29, 1.82) is 0 Å². The Bertz CT molecular complexity index is 139. The molecule has 0 aromatic rings. The predicted molar refractivity (Wildman–Crippen MR) is 49.2 cm³/mol. The Morgan fingerprint density at radius 2 is 2.36 bits per heavy atom. The molecule has 0 heterocycles. The van der Waals surface area contributed by atoms with Gasteiger partial charge in [0.25, 0.3) is 0 Å². The van der Waals surface area contributed by atoms with E-state index < -0.39 is 0 Å². The standard InChI is InChI=1S/C7H16N4/c1-3-4-10-6-7(11-8)5-9-2/h6,9H,3-5,8H2,1-2H3/b10-6?,11-7-. The summed E-state index contributed by atoms with van der Waals surface area (Å²) in [4.78, 5) is 4.10. The van der Waals surface area contributed by atoms with Crippen LogP contribution < -0.4 is 11.2 Å². The molecule has 0 aromatic carbocycles. The summed E-state index contributed by atoms with van der Waals surface area (Å²) in [6.45, 7) is 3.58. The summed E-state index contributed by atoms with van der Waals surface area (Å²) < 4.78 is 0. The fourth-order valence-electron chi connectivity index (χ4n) is 0.605. The summed E-state index contributed by atoms with van der Waals surface area (Å²) in [5, 5.41) is 6.50. The molecule has 0 rings (SSSR count). The molecule has 0 spiro atoms. The molecule has 4 heteroatoms. The normalized spacial score (nSPS) is 12.7. The molecule has 0 aliphatic heterocycles. The number of hydrogen-bond acceptors (Lipinski definition) is 4. The fraction of sp³-hybridized carbons (Fsp3) is 0.714. The van der Waals surface area contributed by atoms with E-state index >= 15 is 0 Å². The maximum Gasteiger partial charge on any atom is 0.0915 e. The van der Waals surface area contributed by atoms with Crippen molar-refractivity contribution >= 4 is 11.9 Å². The molecular weight excluding hydrogens is 140 g/mol. The van der Waals surface area contributed by atoms with Crippen molar-refractivity contribution in [2.75, 3.05) is 20.1 Å². The average Bonchev–Trinajstić information content (AvgIpc) is 2.03. The van der Waals surface area contributed by atoms with Crippen molar-refractivity contribution in [1.82, 2.24) is 5.32 Å². The van der Waals surface area contributed by atoms with Crippen molar-refractivity contribution in [3.63, 3.8) is 0 Å². The van der Waals surface area contributed by atoms with Gasteiger partial charge in [0.1, 0.15) is 0 Å². The molecule has 0 atom stereocenters. The van der Waals surface area contributed by atoms with E-state index in [1.165, 1.54) is 0 Å². The molecule has 0 radical (unpaired) electrons. The molecule has 3 N–H and O–H groups in total. The predicted octanol–water partition coefficient (Wildman–Crippen LogP) is 0.00130. The largest absolute Gasteiger partial charge is 0.323 e. The van der Waals surface area contributed by atoms with Gasteiger partial charge in [0.2, 0.25) is 0 Å². The number of nitrogens with zero attached hydrogens (tertiary/aromatic N) is 2. The van der Waals surface area contributed by atoms with E-state index in [0.29, 0.717) is 6.54 Å². The third kappa shape index (κ3) is 5.54. The number of nitrogens with one attached hydrogen (secondary N) is 1. The molecule has 11 heavy (non-hydrogen) atoms. The lowest BCUT2D eigenvalue weighted by atomic mass is 10.4. The second kappa shape index (κ2) is 7.21. The zero-order valence-electron chi connectivity index (χ0n) is 7.17. The molecule has 0 bridgehead atoms. The number of rotatable bonds is 5. The Balaban J connectivity index is 3.69. The van der Waals surface area contributed by atoms with Crippen LogP contribution in [0.4, 0.5) is 0 Å². The molecule has 0 unspecified atom stereocenters. The van der Waals surface area contributed by atoms with E-state index in [4.69, 9.17) is 5.84 Å². The van der Waals surface area contributed by atoms with Crippen LogP contribution in [0.3, 0.4) is 0 Å². The third-order valence-electron chi connectivity index (χ3n) is 1.12. The summed E-state index contributed by atoms with van der Waals surface area (Å²) >= 11 is 0.